The van der Waals surface area contributed by atoms with Gasteiger partial charge in [0.1, 0.15) is 0 Å². The molecule has 1 aromatic rings. The molecule has 0 heterocycles. The van der Waals surface area contributed by atoms with Crippen molar-refractivity contribution in [1.29, 1.82) is 0 Å². The third-order valence-electron chi connectivity index (χ3n) is 2.72. The predicted molar refractivity (Wildman–Crippen MR) is 87.4 cm³/mol. The normalized spacial score (nSPS) is 12.0. The zero-order valence-electron chi connectivity index (χ0n) is 12.3. The first-order valence-electron chi connectivity index (χ1n) is 6.70. The van der Waals surface area contributed by atoms with Gasteiger partial charge in [-0.3, -0.25) is 0 Å². The summed E-state index contributed by atoms with van der Waals surface area (Å²) in [6.45, 7) is 5.49. The summed E-state index contributed by atoms with van der Waals surface area (Å²) in [4.78, 5) is 0. The van der Waals surface area contributed by atoms with Gasteiger partial charge in [-0.2, -0.15) is 11.8 Å². The van der Waals surface area contributed by atoms with Gasteiger partial charge in [0.25, 0.3) is 0 Å². The molecular formula is C14H24N2O2S2. The number of nitrogens with one attached hydrogen (secondary N) is 2. The van der Waals surface area contributed by atoms with Crippen molar-refractivity contribution in [3.05, 3.63) is 35.4 Å². The molecule has 114 valence electrons. The first-order chi connectivity index (χ1) is 9.43. The van der Waals surface area contributed by atoms with Crippen molar-refractivity contribution < 1.29 is 8.42 Å². The lowest BCUT2D eigenvalue weighted by molar-refractivity contribution is 0.583. The molecule has 0 unspecified atom stereocenters. The van der Waals surface area contributed by atoms with E-state index in [1.165, 1.54) is 0 Å². The lowest BCUT2D eigenvalue weighted by Gasteiger charge is -2.09. The second-order valence-electron chi connectivity index (χ2n) is 5.00. The summed E-state index contributed by atoms with van der Waals surface area (Å²) in [6, 6.07) is 8.15. The fourth-order valence-electron chi connectivity index (χ4n) is 1.64. The average molecular weight is 316 g/mol. The van der Waals surface area contributed by atoms with E-state index in [4.69, 9.17) is 0 Å². The number of hydrogen-bond acceptors (Lipinski definition) is 4. The lowest BCUT2D eigenvalue weighted by Crippen LogP contribution is -2.27. The van der Waals surface area contributed by atoms with Gasteiger partial charge < -0.3 is 5.32 Å². The van der Waals surface area contributed by atoms with Gasteiger partial charge in [0.2, 0.25) is 10.0 Å². The van der Waals surface area contributed by atoms with E-state index in [2.05, 4.69) is 23.9 Å². The maximum absolute atomic E-state index is 11.8. The third kappa shape index (κ3) is 7.28. The molecule has 0 aromatic heterocycles. The Morgan fingerprint density at radius 1 is 1.15 bits per heavy atom. The highest BCUT2D eigenvalue weighted by molar-refractivity contribution is 7.98. The average Bonchev–Trinajstić information content (AvgIpc) is 2.37. The van der Waals surface area contributed by atoms with Crippen LogP contribution in [-0.2, 0) is 22.3 Å². The first-order valence-corrected chi connectivity index (χ1v) is 9.75. The summed E-state index contributed by atoms with van der Waals surface area (Å²) in [5, 5.41) is 3.33. The Hall–Kier alpha value is -0.560. The van der Waals surface area contributed by atoms with Crippen LogP contribution in [0.3, 0.4) is 0 Å². The van der Waals surface area contributed by atoms with Gasteiger partial charge in [-0.25, -0.2) is 13.1 Å². The Morgan fingerprint density at radius 3 is 2.30 bits per heavy atom. The van der Waals surface area contributed by atoms with E-state index in [1.54, 1.807) is 11.8 Å². The van der Waals surface area contributed by atoms with Gasteiger partial charge in [0, 0.05) is 24.9 Å². The van der Waals surface area contributed by atoms with Crippen LogP contribution in [0.5, 0.6) is 0 Å². The van der Waals surface area contributed by atoms with Gasteiger partial charge in [0.05, 0.1) is 5.75 Å². The predicted octanol–water partition coefficient (Wildman–Crippen LogP) is 1.97. The van der Waals surface area contributed by atoms with Crippen molar-refractivity contribution in [2.24, 2.45) is 0 Å². The van der Waals surface area contributed by atoms with Crippen molar-refractivity contribution in [2.75, 3.05) is 18.6 Å². The van der Waals surface area contributed by atoms with Crippen LogP contribution in [0.4, 0.5) is 0 Å². The molecule has 0 atom stereocenters. The van der Waals surface area contributed by atoms with E-state index in [0.717, 1.165) is 23.4 Å². The summed E-state index contributed by atoms with van der Waals surface area (Å²) in [5.74, 6) is 0.832. The Balaban J connectivity index is 2.52. The van der Waals surface area contributed by atoms with Gasteiger partial charge in [0.15, 0.2) is 0 Å². The largest absolute Gasteiger partial charge is 0.310 e. The second-order valence-corrected chi connectivity index (χ2v) is 7.79. The molecule has 0 aliphatic carbocycles. The molecule has 2 N–H and O–H groups in total. The molecule has 4 nitrogen and oxygen atoms in total. The van der Waals surface area contributed by atoms with E-state index in [9.17, 15) is 8.42 Å². The smallest absolute Gasteiger partial charge is 0.215 e. The molecule has 0 amide bonds. The number of sulfonamides is 1. The quantitative estimate of drug-likeness (QED) is 0.684. The van der Waals surface area contributed by atoms with Gasteiger partial charge >= 0.3 is 0 Å². The van der Waals surface area contributed by atoms with Crippen molar-refractivity contribution >= 4 is 21.8 Å². The summed E-state index contributed by atoms with van der Waals surface area (Å²) in [5.41, 5.74) is 1.98. The summed E-state index contributed by atoms with van der Waals surface area (Å²) in [7, 11) is -3.22. The van der Waals surface area contributed by atoms with Crippen molar-refractivity contribution in [2.45, 2.75) is 32.2 Å². The highest BCUT2D eigenvalue weighted by Crippen LogP contribution is 2.08. The fourth-order valence-corrected chi connectivity index (χ4v) is 3.23. The van der Waals surface area contributed by atoms with Crippen LogP contribution >= 0.6 is 11.8 Å². The van der Waals surface area contributed by atoms with Gasteiger partial charge in [-0.1, -0.05) is 38.1 Å². The highest BCUT2D eigenvalue weighted by Gasteiger charge is 2.10. The highest BCUT2D eigenvalue weighted by atomic mass is 32.2. The molecule has 1 rings (SSSR count). The van der Waals surface area contributed by atoms with Crippen LogP contribution < -0.4 is 10.0 Å². The van der Waals surface area contributed by atoms with E-state index in [0.29, 0.717) is 12.6 Å². The van der Waals surface area contributed by atoms with Crippen LogP contribution in [0.25, 0.3) is 0 Å². The molecule has 0 spiro atoms. The Bertz CT molecular complexity index is 484. The molecule has 0 saturated heterocycles. The summed E-state index contributed by atoms with van der Waals surface area (Å²) >= 11 is 1.62. The number of hydrogen-bond donors (Lipinski definition) is 2. The molecule has 0 fully saturated rings. The zero-order chi connectivity index (χ0) is 15.0. The van der Waals surface area contributed by atoms with Crippen LogP contribution in [0, 0.1) is 0 Å². The van der Waals surface area contributed by atoms with Crippen molar-refractivity contribution in [3.63, 3.8) is 0 Å². The standard InChI is InChI=1S/C14H24N2O2S2/c1-12(2)15-10-13-4-6-14(7-5-13)11-20(17,18)16-8-9-19-3/h4-7,12,15-16H,8-11H2,1-3H3. The molecule has 0 radical (unpaired) electrons. The van der Waals surface area contributed by atoms with Crippen LogP contribution in [0.15, 0.2) is 24.3 Å². The lowest BCUT2D eigenvalue weighted by atomic mass is 10.1. The maximum atomic E-state index is 11.8. The number of benzene rings is 1. The molecule has 20 heavy (non-hydrogen) atoms. The minimum Gasteiger partial charge on any atom is -0.310 e. The van der Waals surface area contributed by atoms with E-state index >= 15 is 0 Å². The Kier molecular flexibility index (Phi) is 7.58. The van der Waals surface area contributed by atoms with Crippen LogP contribution in [-0.4, -0.2) is 33.0 Å². The maximum Gasteiger partial charge on any atom is 0.215 e. The molecule has 6 heteroatoms. The zero-order valence-corrected chi connectivity index (χ0v) is 14.0. The monoisotopic (exact) mass is 316 g/mol. The molecule has 0 aliphatic heterocycles. The summed E-state index contributed by atoms with van der Waals surface area (Å²) < 4.78 is 26.3. The van der Waals surface area contributed by atoms with Gasteiger partial charge in [-0.05, 0) is 17.4 Å². The SMILES string of the molecule is CSCCNS(=O)(=O)Cc1ccc(CNC(C)C)cc1. The summed E-state index contributed by atoms with van der Waals surface area (Å²) in [6.07, 6.45) is 1.96. The van der Waals surface area contributed by atoms with E-state index in [1.807, 2.05) is 30.5 Å². The van der Waals surface area contributed by atoms with Crippen molar-refractivity contribution in [3.8, 4) is 0 Å². The number of rotatable bonds is 9. The Labute approximate surface area is 126 Å². The second kappa shape index (κ2) is 8.67. The minimum absolute atomic E-state index is 0.0409. The minimum atomic E-state index is -3.22. The topological polar surface area (TPSA) is 58.2 Å². The Morgan fingerprint density at radius 2 is 1.75 bits per heavy atom. The first kappa shape index (κ1) is 17.5. The molecular weight excluding hydrogens is 292 g/mol. The van der Waals surface area contributed by atoms with E-state index < -0.39 is 10.0 Å². The van der Waals surface area contributed by atoms with Crippen molar-refractivity contribution in [1.82, 2.24) is 10.0 Å². The number of thioether (sulfide) groups is 1. The van der Waals surface area contributed by atoms with Gasteiger partial charge in [-0.15, -0.1) is 0 Å². The van der Waals surface area contributed by atoms with Crippen LogP contribution in [0.1, 0.15) is 25.0 Å². The van der Waals surface area contributed by atoms with Crippen LogP contribution in [0.2, 0.25) is 0 Å². The third-order valence-corrected chi connectivity index (χ3v) is 4.69. The fraction of sp³-hybridized carbons (Fsp3) is 0.571. The molecule has 0 aliphatic rings. The molecule has 0 saturated carbocycles. The van der Waals surface area contributed by atoms with E-state index in [-0.39, 0.29) is 5.75 Å². The molecule has 1 aromatic carbocycles. The molecule has 0 bridgehead atoms.